The molecule has 1 N–H and O–H groups in total. The zero-order chi connectivity index (χ0) is 22.4. The lowest BCUT2D eigenvalue weighted by molar-refractivity contribution is -0.159. The van der Waals surface area contributed by atoms with Gasteiger partial charge in [-0.15, -0.1) is 0 Å². The monoisotopic (exact) mass is 432 g/mol. The molecule has 8 heteroatoms. The molecule has 5 atom stereocenters. The lowest BCUT2D eigenvalue weighted by Crippen LogP contribution is -2.57. The Labute approximate surface area is 182 Å². The smallest absolute Gasteiger partial charge is 0.313 e. The summed E-state index contributed by atoms with van der Waals surface area (Å²) in [6.45, 7) is 6.73. The van der Waals surface area contributed by atoms with E-state index in [1.54, 1.807) is 15.9 Å². The van der Waals surface area contributed by atoms with Gasteiger partial charge in [-0.2, -0.15) is 0 Å². The fraction of sp³-hybridized carbons (Fsp3) is 0.696. The van der Waals surface area contributed by atoms with Crippen LogP contribution in [-0.2, 0) is 23.9 Å². The van der Waals surface area contributed by atoms with Gasteiger partial charge in [-0.05, 0) is 39.2 Å². The highest BCUT2D eigenvalue weighted by molar-refractivity contribution is 5.99. The summed E-state index contributed by atoms with van der Waals surface area (Å²) in [6.07, 6.45) is 8.93. The summed E-state index contributed by atoms with van der Waals surface area (Å²) >= 11 is 0. The molecule has 1 unspecified atom stereocenters. The number of ether oxygens (including phenoxy) is 2. The molecule has 1 spiro atoms. The molecule has 2 amide bonds. The van der Waals surface area contributed by atoms with Crippen molar-refractivity contribution in [3.8, 4) is 0 Å². The summed E-state index contributed by atoms with van der Waals surface area (Å²) in [4.78, 5) is 43.9. The summed E-state index contributed by atoms with van der Waals surface area (Å²) < 4.78 is 12.1. The molecule has 170 valence electrons. The third-order valence-corrected chi connectivity index (χ3v) is 7.16. The Balaban J connectivity index is 1.85. The molecule has 4 heterocycles. The predicted octanol–water partition coefficient (Wildman–Crippen LogP) is 1.04. The van der Waals surface area contributed by atoms with Crippen LogP contribution >= 0.6 is 0 Å². The Bertz CT molecular complexity index is 823. The van der Waals surface area contributed by atoms with Gasteiger partial charge in [-0.1, -0.05) is 25.2 Å². The van der Waals surface area contributed by atoms with Gasteiger partial charge in [0.15, 0.2) is 0 Å². The molecule has 4 aliphatic heterocycles. The number of hydrogen-bond donors (Lipinski definition) is 1. The van der Waals surface area contributed by atoms with Crippen LogP contribution in [0.3, 0.4) is 0 Å². The minimum atomic E-state index is -1.22. The van der Waals surface area contributed by atoms with Crippen molar-refractivity contribution in [1.29, 1.82) is 0 Å². The van der Waals surface area contributed by atoms with Gasteiger partial charge < -0.3 is 24.4 Å². The van der Waals surface area contributed by atoms with E-state index in [-0.39, 0.29) is 31.1 Å². The number of nitrogens with zero attached hydrogens (tertiary/aromatic N) is 2. The van der Waals surface area contributed by atoms with Gasteiger partial charge in [0.1, 0.15) is 29.8 Å². The standard InChI is InChI=1S/C23H32N2O6/c1-4-22-9-8-14-30-21(29)17(22)16-19(27)25(11-5-6-13-26)18-20(28)24(15(2)3)12-7-10-23(16,18)31-22/h7-10,15-18,26H,4-6,11-14H2,1-3H3/t16-,17+,18?,22-,23-/m0/s1. The molecule has 2 saturated heterocycles. The Morgan fingerprint density at radius 2 is 1.90 bits per heavy atom. The van der Waals surface area contributed by atoms with Gasteiger partial charge in [-0.25, -0.2) is 0 Å². The Hall–Kier alpha value is -2.19. The van der Waals surface area contributed by atoms with Gasteiger partial charge in [0, 0.05) is 25.7 Å². The molecule has 0 aromatic rings. The van der Waals surface area contributed by atoms with Crippen LogP contribution in [0.25, 0.3) is 0 Å². The SMILES string of the molecule is CC[C@]12C=CCOC(=O)[C@H]1[C@H]1C(=O)N(CCCCO)C3C(=O)N(C(C)C)CC=C[C@@]31O2. The quantitative estimate of drug-likeness (QED) is 0.383. The minimum absolute atomic E-state index is 0.0163. The van der Waals surface area contributed by atoms with E-state index in [0.717, 1.165) is 0 Å². The topological polar surface area (TPSA) is 96.4 Å². The van der Waals surface area contributed by atoms with Crippen molar-refractivity contribution >= 4 is 17.8 Å². The molecule has 8 nitrogen and oxygen atoms in total. The lowest BCUT2D eigenvalue weighted by Gasteiger charge is -2.39. The normalized spacial score (nSPS) is 36.9. The molecular weight excluding hydrogens is 400 g/mol. The van der Waals surface area contributed by atoms with Crippen molar-refractivity contribution < 1.29 is 29.0 Å². The molecule has 0 radical (unpaired) electrons. The Morgan fingerprint density at radius 3 is 2.58 bits per heavy atom. The van der Waals surface area contributed by atoms with Gasteiger partial charge in [0.25, 0.3) is 0 Å². The van der Waals surface area contributed by atoms with E-state index < -0.39 is 35.0 Å². The number of carbonyl (C=O) groups excluding carboxylic acids is 3. The average molecular weight is 433 g/mol. The second-order valence-corrected chi connectivity index (χ2v) is 9.10. The molecule has 4 aliphatic rings. The highest BCUT2D eigenvalue weighted by Crippen LogP contribution is 2.58. The van der Waals surface area contributed by atoms with Crippen LogP contribution in [0.15, 0.2) is 24.3 Å². The van der Waals surface area contributed by atoms with Crippen LogP contribution in [-0.4, -0.2) is 82.3 Å². The van der Waals surface area contributed by atoms with Crippen LogP contribution in [0.5, 0.6) is 0 Å². The number of rotatable bonds is 6. The maximum atomic E-state index is 13.8. The zero-order valence-corrected chi connectivity index (χ0v) is 18.5. The summed E-state index contributed by atoms with van der Waals surface area (Å²) in [5.74, 6) is -2.51. The predicted molar refractivity (Wildman–Crippen MR) is 112 cm³/mol. The van der Waals surface area contributed by atoms with E-state index in [2.05, 4.69) is 0 Å². The van der Waals surface area contributed by atoms with E-state index >= 15 is 0 Å². The van der Waals surface area contributed by atoms with Gasteiger partial charge in [-0.3, -0.25) is 14.4 Å². The van der Waals surface area contributed by atoms with Crippen molar-refractivity contribution in [3.63, 3.8) is 0 Å². The molecule has 0 aliphatic carbocycles. The highest BCUT2D eigenvalue weighted by atomic mass is 16.6. The Kier molecular flexibility index (Phi) is 5.72. The minimum Gasteiger partial charge on any atom is -0.461 e. The van der Waals surface area contributed by atoms with E-state index in [1.165, 1.54) is 0 Å². The first kappa shape index (κ1) is 22.0. The first-order chi connectivity index (χ1) is 14.8. The van der Waals surface area contributed by atoms with E-state index in [4.69, 9.17) is 9.47 Å². The van der Waals surface area contributed by atoms with Crippen molar-refractivity contribution in [2.45, 2.75) is 63.3 Å². The van der Waals surface area contributed by atoms with Gasteiger partial charge >= 0.3 is 5.97 Å². The number of carbonyl (C=O) groups is 3. The average Bonchev–Trinajstić information content (AvgIpc) is 3.00. The van der Waals surface area contributed by atoms with Gasteiger partial charge in [0.05, 0.1) is 5.92 Å². The van der Waals surface area contributed by atoms with Gasteiger partial charge in [0.2, 0.25) is 11.8 Å². The third kappa shape index (κ3) is 3.14. The number of cyclic esters (lactones) is 1. The summed E-state index contributed by atoms with van der Waals surface area (Å²) in [5, 5.41) is 9.21. The molecule has 0 bridgehead atoms. The molecule has 2 fully saturated rings. The number of fused-ring (bicyclic) bond motifs is 2. The number of aliphatic hydroxyl groups excluding tert-OH is 1. The van der Waals surface area contributed by atoms with E-state index in [9.17, 15) is 19.5 Å². The van der Waals surface area contributed by atoms with Crippen LogP contribution in [0.1, 0.15) is 40.0 Å². The van der Waals surface area contributed by atoms with Crippen molar-refractivity contribution in [2.75, 3.05) is 26.3 Å². The van der Waals surface area contributed by atoms with Crippen LogP contribution in [0, 0.1) is 11.8 Å². The third-order valence-electron chi connectivity index (χ3n) is 7.16. The van der Waals surface area contributed by atoms with Crippen molar-refractivity contribution in [1.82, 2.24) is 9.80 Å². The molecule has 31 heavy (non-hydrogen) atoms. The summed E-state index contributed by atoms with van der Waals surface area (Å²) in [7, 11) is 0. The van der Waals surface area contributed by atoms with E-state index in [0.29, 0.717) is 32.4 Å². The first-order valence-corrected chi connectivity index (χ1v) is 11.3. The van der Waals surface area contributed by atoms with Crippen LogP contribution < -0.4 is 0 Å². The maximum absolute atomic E-state index is 13.8. The highest BCUT2D eigenvalue weighted by Gasteiger charge is 2.75. The largest absolute Gasteiger partial charge is 0.461 e. The Morgan fingerprint density at radius 1 is 1.13 bits per heavy atom. The number of amides is 2. The maximum Gasteiger partial charge on any atom is 0.313 e. The number of likely N-dealkylation sites (tertiary alicyclic amines) is 1. The van der Waals surface area contributed by atoms with Crippen LogP contribution in [0.2, 0.25) is 0 Å². The molecule has 4 rings (SSSR count). The van der Waals surface area contributed by atoms with Crippen molar-refractivity contribution in [3.05, 3.63) is 24.3 Å². The molecule has 0 aromatic heterocycles. The van der Waals surface area contributed by atoms with Crippen molar-refractivity contribution in [2.24, 2.45) is 11.8 Å². The second kappa shape index (κ2) is 8.06. The molecular formula is C23H32N2O6. The number of unbranched alkanes of at least 4 members (excludes halogenated alkanes) is 1. The van der Waals surface area contributed by atoms with Crippen LogP contribution in [0.4, 0.5) is 0 Å². The number of hydrogen-bond acceptors (Lipinski definition) is 6. The fourth-order valence-electron chi connectivity index (χ4n) is 5.71. The van der Waals surface area contributed by atoms with E-state index in [1.807, 2.05) is 39.0 Å². The number of aliphatic hydroxyl groups is 1. The fourth-order valence-corrected chi connectivity index (χ4v) is 5.71. The second-order valence-electron chi connectivity index (χ2n) is 9.10. The summed E-state index contributed by atoms with van der Waals surface area (Å²) in [6, 6.07) is -0.890. The lowest BCUT2D eigenvalue weighted by atomic mass is 9.73. The molecule has 0 saturated carbocycles. The first-order valence-electron chi connectivity index (χ1n) is 11.3. The number of esters is 1. The summed E-state index contributed by atoms with van der Waals surface area (Å²) in [5.41, 5.74) is -2.21. The zero-order valence-electron chi connectivity index (χ0n) is 18.5. The molecule has 0 aromatic carbocycles.